The third-order valence-corrected chi connectivity index (χ3v) is 5.59. The molecule has 1 aliphatic heterocycles. The second-order valence-corrected chi connectivity index (χ2v) is 9.46. The molecule has 0 fully saturated rings. The first kappa shape index (κ1) is 30.8. The zero-order valence-electron chi connectivity index (χ0n) is 21.5. The maximum Gasteiger partial charge on any atom is 3.00 e. The number of alkyl halides is 3. The summed E-state index contributed by atoms with van der Waals surface area (Å²) >= 11 is 0. The number of hydrazone groups is 1. The van der Waals surface area contributed by atoms with Crippen molar-refractivity contribution in [3.05, 3.63) is 115 Å². The molecule has 0 unspecified atom stereocenters. The molecule has 1 aliphatic rings. The molecule has 4 aromatic rings. The van der Waals surface area contributed by atoms with Gasteiger partial charge < -0.3 is 14.9 Å². The molecule has 0 spiro atoms. The Bertz CT molecular complexity index is 1440. The summed E-state index contributed by atoms with van der Waals surface area (Å²) in [6.45, 7) is 7.83. The van der Waals surface area contributed by atoms with Gasteiger partial charge in [0.05, 0.1) is 6.34 Å². The third-order valence-electron chi connectivity index (χ3n) is 5.59. The van der Waals surface area contributed by atoms with Gasteiger partial charge in [-0.2, -0.15) is 36.5 Å². The second kappa shape index (κ2) is 12.7. The average Bonchev–Trinajstić information content (AvgIpc) is 3.39. The Hall–Kier alpha value is -3.69. The van der Waals surface area contributed by atoms with Crippen LogP contribution in [0.1, 0.15) is 31.9 Å². The second-order valence-electron chi connectivity index (χ2n) is 9.46. The van der Waals surface area contributed by atoms with Crippen LogP contribution in [0.15, 0.2) is 78.0 Å². The van der Waals surface area contributed by atoms with Crippen molar-refractivity contribution in [2.75, 3.05) is 9.91 Å². The molecule has 11 heteroatoms. The minimum atomic E-state index is -4.36. The summed E-state index contributed by atoms with van der Waals surface area (Å²) in [5.41, 5.74) is 2.07. The normalized spacial score (nSPS) is 13.0. The molecule has 0 N–H and O–H groups in total. The Labute approximate surface area is 242 Å². The van der Waals surface area contributed by atoms with Crippen molar-refractivity contribution in [2.24, 2.45) is 5.10 Å². The predicted octanol–water partition coefficient (Wildman–Crippen LogP) is 7.41. The van der Waals surface area contributed by atoms with Gasteiger partial charge in [0.1, 0.15) is 11.9 Å². The van der Waals surface area contributed by atoms with Crippen molar-refractivity contribution in [2.45, 2.75) is 32.4 Å². The van der Waals surface area contributed by atoms with Gasteiger partial charge in [-0.15, -0.1) is 18.8 Å². The van der Waals surface area contributed by atoms with E-state index in [0.717, 1.165) is 29.4 Å². The number of halogens is 5. The monoisotopic (exact) mass is 729 g/mol. The number of benzene rings is 2. The number of rotatable bonds is 3. The number of hydrogen-bond donors (Lipinski definition) is 0. The van der Waals surface area contributed by atoms with Crippen LogP contribution >= 0.6 is 0 Å². The molecule has 2 aromatic heterocycles. The molecule has 0 saturated carbocycles. The van der Waals surface area contributed by atoms with Gasteiger partial charge in [0, 0.05) is 11.9 Å². The van der Waals surface area contributed by atoms with E-state index in [2.05, 4.69) is 48.0 Å². The fourth-order valence-corrected chi connectivity index (χ4v) is 3.47. The van der Waals surface area contributed by atoms with E-state index < -0.39 is 23.6 Å². The molecular formula is C29H23F5IrN5. The smallest absolute Gasteiger partial charge is 0.463 e. The van der Waals surface area contributed by atoms with E-state index in [1.807, 2.05) is 36.4 Å². The maximum atomic E-state index is 13.5. The van der Waals surface area contributed by atoms with Crippen molar-refractivity contribution in [1.29, 1.82) is 0 Å². The van der Waals surface area contributed by atoms with Gasteiger partial charge in [-0.3, -0.25) is 4.98 Å². The van der Waals surface area contributed by atoms with Gasteiger partial charge in [0.25, 0.3) is 0 Å². The van der Waals surface area contributed by atoms with Crippen molar-refractivity contribution in [3.8, 4) is 11.3 Å². The zero-order valence-corrected chi connectivity index (χ0v) is 23.9. The minimum absolute atomic E-state index is 0. The first-order valence-corrected chi connectivity index (χ1v) is 11.7. The number of para-hydroxylation sites is 1. The topological polar surface area (TPSA) is 44.6 Å². The summed E-state index contributed by atoms with van der Waals surface area (Å²) in [4.78, 5) is 8.99. The molecule has 40 heavy (non-hydrogen) atoms. The van der Waals surface area contributed by atoms with Crippen molar-refractivity contribution in [3.63, 3.8) is 0 Å². The Morgan fingerprint density at radius 3 is 2.20 bits per heavy atom. The van der Waals surface area contributed by atoms with Crippen molar-refractivity contribution < 1.29 is 42.1 Å². The van der Waals surface area contributed by atoms with Crippen LogP contribution < -0.4 is 9.91 Å². The van der Waals surface area contributed by atoms with E-state index in [9.17, 15) is 22.0 Å². The molecule has 0 amide bonds. The summed E-state index contributed by atoms with van der Waals surface area (Å²) in [7, 11) is 0. The molecule has 0 bridgehead atoms. The Morgan fingerprint density at radius 2 is 1.60 bits per heavy atom. The Kier molecular flexibility index (Phi) is 9.76. The van der Waals surface area contributed by atoms with Gasteiger partial charge in [0.2, 0.25) is 0 Å². The van der Waals surface area contributed by atoms with Crippen molar-refractivity contribution in [1.82, 2.24) is 9.97 Å². The summed E-state index contributed by atoms with van der Waals surface area (Å²) in [5, 5.41) is 5.59. The summed E-state index contributed by atoms with van der Waals surface area (Å²) in [5.74, 6) is -1.78. The molecule has 3 heterocycles. The molecule has 5 rings (SSSR count). The fraction of sp³-hybridized carbons (Fsp3) is 0.172. The van der Waals surface area contributed by atoms with Crippen LogP contribution in [-0.2, 0) is 31.7 Å². The summed E-state index contributed by atoms with van der Waals surface area (Å²) < 4.78 is 63.8. The van der Waals surface area contributed by atoms with E-state index in [1.54, 1.807) is 30.2 Å². The van der Waals surface area contributed by atoms with E-state index in [1.165, 1.54) is 11.1 Å². The van der Waals surface area contributed by atoms with Crippen LogP contribution in [0.5, 0.6) is 0 Å². The molecule has 2 aromatic carbocycles. The maximum absolute atomic E-state index is 13.5. The van der Waals surface area contributed by atoms with Gasteiger partial charge in [-0.25, -0.2) is 8.78 Å². The molecule has 0 saturated heterocycles. The SMILES string of the molecule is CC(C)(C)c1ccnc(-c2[c-]cc(F)nc2F)c1.FC(F)(F)c1c[c-]c(N2[CH-]N(c3ccccc3)C=N2)cc1.[Ir+3]. The van der Waals surface area contributed by atoms with E-state index in [4.69, 9.17) is 0 Å². The van der Waals surface area contributed by atoms with Crippen LogP contribution in [0.2, 0.25) is 0 Å². The molecule has 0 radical (unpaired) electrons. The first-order chi connectivity index (χ1) is 18.4. The molecule has 0 atom stereocenters. The van der Waals surface area contributed by atoms with Gasteiger partial charge >= 0.3 is 26.3 Å². The summed E-state index contributed by atoms with van der Waals surface area (Å²) in [6, 6.07) is 22.5. The van der Waals surface area contributed by atoms with E-state index >= 15 is 0 Å². The molecular weight excluding hydrogens is 706 g/mol. The van der Waals surface area contributed by atoms with Crippen LogP contribution in [0.25, 0.3) is 11.3 Å². The first-order valence-electron chi connectivity index (χ1n) is 11.7. The van der Waals surface area contributed by atoms with E-state index in [0.29, 0.717) is 11.4 Å². The Balaban J connectivity index is 0.000000218. The number of nitrogens with zero attached hydrogens (tertiary/aromatic N) is 5. The van der Waals surface area contributed by atoms with Crippen LogP contribution in [0.4, 0.5) is 33.3 Å². The third kappa shape index (κ3) is 7.70. The standard InChI is InChI=1S/C15H10F3N3.C14H13F2N2.Ir/c16-15(17,18)12-6-8-14(9-7-12)21-11-20(10-19-21)13-4-2-1-3-5-13;1-14(2,3)9-6-7-17-11(8-9)10-4-5-12(15)18-13(10)16;/h1-8,10-11H;5-8H,1-3H3;/q-2;-1;+3. The Morgan fingerprint density at radius 1 is 0.875 bits per heavy atom. The zero-order chi connectivity index (χ0) is 28.2. The largest absolute Gasteiger partial charge is 3.00 e. The fourth-order valence-electron chi connectivity index (χ4n) is 3.47. The number of hydrogen-bond acceptors (Lipinski definition) is 5. The van der Waals surface area contributed by atoms with Gasteiger partial charge in [-0.05, 0) is 34.9 Å². The van der Waals surface area contributed by atoms with Crippen LogP contribution in [0.3, 0.4) is 0 Å². The van der Waals surface area contributed by atoms with Crippen molar-refractivity contribution >= 4 is 17.7 Å². The quantitative estimate of drug-likeness (QED) is 0.125. The van der Waals surface area contributed by atoms with Crippen LogP contribution in [-0.4, -0.2) is 16.3 Å². The number of pyridine rings is 2. The number of anilines is 2. The average molecular weight is 729 g/mol. The molecule has 5 nitrogen and oxygen atoms in total. The summed E-state index contributed by atoms with van der Waals surface area (Å²) in [6.07, 6.45) is -1.17. The van der Waals surface area contributed by atoms with Gasteiger partial charge in [0.15, 0.2) is 0 Å². The molecule has 208 valence electrons. The molecule has 0 aliphatic carbocycles. The van der Waals surface area contributed by atoms with E-state index in [-0.39, 0.29) is 31.1 Å². The minimum Gasteiger partial charge on any atom is -0.463 e. The van der Waals surface area contributed by atoms with Crippen LogP contribution in [0, 0.1) is 30.7 Å². The predicted molar refractivity (Wildman–Crippen MR) is 139 cm³/mol. The number of aromatic nitrogens is 2. The van der Waals surface area contributed by atoms with Gasteiger partial charge in [-0.1, -0.05) is 67.9 Å².